The minimum absolute atomic E-state index is 0.239. The lowest BCUT2D eigenvalue weighted by Gasteiger charge is -2.24. The van der Waals surface area contributed by atoms with Crippen LogP contribution in [0.5, 0.6) is 0 Å². The van der Waals surface area contributed by atoms with E-state index in [2.05, 4.69) is 11.9 Å². The number of carbonyl (C=O) groups is 2. The van der Waals surface area contributed by atoms with Crippen molar-refractivity contribution < 1.29 is 22.8 Å². The third kappa shape index (κ3) is 2.33. The van der Waals surface area contributed by atoms with E-state index < -0.39 is 23.7 Å². The summed E-state index contributed by atoms with van der Waals surface area (Å²) in [5, 5.41) is 4.40. The van der Waals surface area contributed by atoms with Crippen LogP contribution in [-0.2, 0) is 4.79 Å². The molecule has 0 bridgehead atoms. The maximum Gasteiger partial charge on any atom is 0.420 e. The summed E-state index contributed by atoms with van der Waals surface area (Å²) in [5.41, 5.74) is -2.42. The fourth-order valence-corrected chi connectivity index (χ4v) is 1.56. The van der Waals surface area contributed by atoms with Gasteiger partial charge in [-0.15, -0.1) is 0 Å². The van der Waals surface area contributed by atoms with Gasteiger partial charge in [0.05, 0.1) is 6.54 Å². The van der Waals surface area contributed by atoms with Crippen LogP contribution in [0.15, 0.2) is 12.2 Å². The van der Waals surface area contributed by atoms with Crippen molar-refractivity contribution in [1.29, 1.82) is 0 Å². The molecule has 1 rings (SSSR count). The fraction of sp³-hybridized carbons (Fsp3) is 0.600. The van der Waals surface area contributed by atoms with Gasteiger partial charge in [0.25, 0.3) is 5.91 Å². The highest BCUT2D eigenvalue weighted by atomic mass is 19.4. The maximum atomic E-state index is 12.7. The Morgan fingerprint density at radius 2 is 2.06 bits per heavy atom. The summed E-state index contributed by atoms with van der Waals surface area (Å²) in [6.45, 7) is 4.28. The molecule has 2 N–H and O–H groups in total. The van der Waals surface area contributed by atoms with E-state index in [1.54, 1.807) is 12.4 Å². The molecule has 0 aromatic heterocycles. The van der Waals surface area contributed by atoms with Crippen LogP contribution in [0.3, 0.4) is 0 Å². The van der Waals surface area contributed by atoms with Crippen molar-refractivity contribution in [2.45, 2.75) is 18.6 Å². The first-order chi connectivity index (χ1) is 8.13. The molecular formula is C10H14F3N3O2. The third-order valence-corrected chi connectivity index (χ3v) is 2.65. The molecule has 5 nitrogen and oxygen atoms in total. The molecule has 1 heterocycles. The van der Waals surface area contributed by atoms with E-state index in [-0.39, 0.29) is 6.54 Å². The molecule has 0 aliphatic carbocycles. The van der Waals surface area contributed by atoms with Gasteiger partial charge in [-0.3, -0.25) is 9.69 Å². The summed E-state index contributed by atoms with van der Waals surface area (Å²) < 4.78 is 38.2. The monoisotopic (exact) mass is 265 g/mol. The summed E-state index contributed by atoms with van der Waals surface area (Å²) in [7, 11) is 1.62. The van der Waals surface area contributed by atoms with Crippen molar-refractivity contribution in [2.75, 3.05) is 20.1 Å². The number of halogens is 3. The molecule has 0 aromatic carbocycles. The summed E-state index contributed by atoms with van der Waals surface area (Å²) in [6, 6.07) is -1.06. The van der Waals surface area contributed by atoms with Crippen LogP contribution in [0.4, 0.5) is 18.0 Å². The van der Waals surface area contributed by atoms with Gasteiger partial charge in [0.1, 0.15) is 0 Å². The number of urea groups is 1. The van der Waals surface area contributed by atoms with Crippen molar-refractivity contribution in [1.82, 2.24) is 15.5 Å². The second-order valence-corrected chi connectivity index (χ2v) is 4.22. The number of nitrogens with one attached hydrogen (secondary N) is 2. The molecule has 0 radical (unpaired) electrons. The molecule has 18 heavy (non-hydrogen) atoms. The van der Waals surface area contributed by atoms with Crippen molar-refractivity contribution in [2.24, 2.45) is 0 Å². The molecule has 1 fully saturated rings. The van der Waals surface area contributed by atoms with E-state index >= 15 is 0 Å². The van der Waals surface area contributed by atoms with Crippen LogP contribution >= 0.6 is 0 Å². The van der Waals surface area contributed by atoms with Crippen LogP contribution in [0.25, 0.3) is 0 Å². The summed E-state index contributed by atoms with van der Waals surface area (Å²) in [4.78, 5) is 23.6. The van der Waals surface area contributed by atoms with Crippen LogP contribution in [0.1, 0.15) is 6.92 Å². The van der Waals surface area contributed by atoms with Gasteiger partial charge in [-0.05, 0) is 19.5 Å². The zero-order valence-electron chi connectivity index (χ0n) is 10.0. The Balaban J connectivity index is 2.89. The highest BCUT2D eigenvalue weighted by Gasteiger charge is 2.64. The van der Waals surface area contributed by atoms with E-state index in [1.807, 2.05) is 0 Å². The molecule has 0 aromatic rings. The first-order valence-corrected chi connectivity index (χ1v) is 5.15. The number of hydrogen-bond donors (Lipinski definition) is 2. The van der Waals surface area contributed by atoms with Crippen LogP contribution in [0.2, 0.25) is 0 Å². The maximum absolute atomic E-state index is 12.7. The molecule has 1 unspecified atom stereocenters. The van der Waals surface area contributed by atoms with Gasteiger partial charge in [-0.2, -0.15) is 13.2 Å². The number of alkyl halides is 3. The van der Waals surface area contributed by atoms with E-state index in [0.717, 1.165) is 0 Å². The zero-order chi connectivity index (χ0) is 14.1. The highest BCUT2D eigenvalue weighted by molar-refractivity contribution is 6.07. The van der Waals surface area contributed by atoms with Crippen molar-refractivity contribution in [3.8, 4) is 0 Å². The van der Waals surface area contributed by atoms with Gasteiger partial charge < -0.3 is 10.6 Å². The Kier molecular flexibility index (Phi) is 3.70. The smallest absolute Gasteiger partial charge is 0.316 e. The first kappa shape index (κ1) is 14.5. The first-order valence-electron chi connectivity index (χ1n) is 5.15. The highest BCUT2D eigenvalue weighted by Crippen LogP contribution is 2.35. The molecule has 1 saturated heterocycles. The van der Waals surface area contributed by atoms with Gasteiger partial charge in [0.2, 0.25) is 5.54 Å². The molecule has 102 valence electrons. The molecule has 3 amide bonds. The number of hydrogen-bond acceptors (Lipinski definition) is 3. The van der Waals surface area contributed by atoms with E-state index in [0.29, 0.717) is 23.9 Å². The minimum atomic E-state index is -4.83. The molecule has 1 aliphatic rings. The SMILES string of the molecule is C=C(CNC)CN1C(=O)NC(C)(C(F)(F)F)C1=O. The zero-order valence-corrected chi connectivity index (χ0v) is 10.0. The number of rotatable bonds is 4. The number of nitrogens with zero attached hydrogens (tertiary/aromatic N) is 1. The number of amides is 3. The predicted octanol–water partition coefficient (Wildman–Crippen LogP) is 0.635. The lowest BCUT2D eigenvalue weighted by Crippen LogP contribution is -2.56. The predicted molar refractivity (Wildman–Crippen MR) is 57.8 cm³/mol. The summed E-state index contributed by atoms with van der Waals surface area (Å²) in [5.74, 6) is -1.31. The summed E-state index contributed by atoms with van der Waals surface area (Å²) >= 11 is 0. The molecule has 1 atom stereocenters. The van der Waals surface area contributed by atoms with E-state index in [4.69, 9.17) is 0 Å². The van der Waals surface area contributed by atoms with Gasteiger partial charge in [0, 0.05) is 6.54 Å². The van der Waals surface area contributed by atoms with Crippen molar-refractivity contribution in [3.05, 3.63) is 12.2 Å². The van der Waals surface area contributed by atoms with Crippen LogP contribution in [0, 0.1) is 0 Å². The Morgan fingerprint density at radius 1 is 1.50 bits per heavy atom. The number of imide groups is 1. The second kappa shape index (κ2) is 4.60. The lowest BCUT2D eigenvalue weighted by molar-refractivity contribution is -0.190. The van der Waals surface area contributed by atoms with E-state index in [1.165, 1.54) is 0 Å². The largest absolute Gasteiger partial charge is 0.420 e. The fourth-order valence-electron chi connectivity index (χ4n) is 1.56. The molecule has 1 aliphatic heterocycles. The van der Waals surface area contributed by atoms with Gasteiger partial charge >= 0.3 is 12.2 Å². The van der Waals surface area contributed by atoms with Gasteiger partial charge in [0.15, 0.2) is 0 Å². The van der Waals surface area contributed by atoms with Crippen molar-refractivity contribution >= 4 is 11.9 Å². The quantitative estimate of drug-likeness (QED) is 0.579. The average Bonchev–Trinajstić information content (AvgIpc) is 2.43. The van der Waals surface area contributed by atoms with Gasteiger partial charge in [-0.1, -0.05) is 6.58 Å². The minimum Gasteiger partial charge on any atom is -0.316 e. The second-order valence-electron chi connectivity index (χ2n) is 4.22. The molecule has 8 heteroatoms. The van der Waals surface area contributed by atoms with Crippen LogP contribution in [-0.4, -0.2) is 48.7 Å². The Morgan fingerprint density at radius 3 is 2.44 bits per heavy atom. The lowest BCUT2D eigenvalue weighted by atomic mass is 10.0. The Hall–Kier alpha value is -1.57. The molecule has 0 spiro atoms. The summed E-state index contributed by atoms with van der Waals surface area (Å²) in [6.07, 6.45) is -4.83. The Labute approximate surface area is 102 Å². The molecular weight excluding hydrogens is 251 g/mol. The number of likely N-dealkylation sites (N-methyl/N-ethyl adjacent to an activating group) is 1. The standard InChI is InChI=1S/C10H14F3N3O2/c1-6(4-14-3)5-16-7(17)9(2,10(11,12)13)15-8(16)18/h14H,1,4-5H2,2-3H3,(H,15,18). The van der Waals surface area contributed by atoms with E-state index in [9.17, 15) is 22.8 Å². The normalized spacial score (nSPS) is 24.4. The third-order valence-electron chi connectivity index (χ3n) is 2.65. The number of carbonyl (C=O) groups excluding carboxylic acids is 2. The topological polar surface area (TPSA) is 61.4 Å². The Bertz CT molecular complexity index is 394. The van der Waals surface area contributed by atoms with Crippen LogP contribution < -0.4 is 10.6 Å². The molecule has 0 saturated carbocycles. The van der Waals surface area contributed by atoms with Gasteiger partial charge in [-0.25, -0.2) is 4.79 Å². The van der Waals surface area contributed by atoms with Crippen molar-refractivity contribution in [3.63, 3.8) is 0 Å². The average molecular weight is 265 g/mol.